The highest BCUT2D eigenvalue weighted by molar-refractivity contribution is 8.01. The van der Waals surface area contributed by atoms with Gasteiger partial charge in [-0.2, -0.15) is 0 Å². The van der Waals surface area contributed by atoms with Gasteiger partial charge in [0.15, 0.2) is 4.34 Å². The predicted octanol–water partition coefficient (Wildman–Crippen LogP) is 1.87. The molecular formula is C11H21N3O2S2. The lowest BCUT2D eigenvalue weighted by atomic mass is 10.3. The zero-order valence-corrected chi connectivity index (χ0v) is 12.8. The molecule has 18 heavy (non-hydrogen) atoms. The number of nitrogens with zero attached hydrogens (tertiary/aromatic N) is 3. The average Bonchev–Trinajstić information content (AvgIpc) is 2.81. The summed E-state index contributed by atoms with van der Waals surface area (Å²) < 4.78 is 6.24. The summed E-state index contributed by atoms with van der Waals surface area (Å²) in [4.78, 5) is 1.92. The summed E-state index contributed by atoms with van der Waals surface area (Å²) in [6.45, 7) is 3.24. The number of ether oxygens (including phenoxy) is 1. The number of hydrogen-bond acceptors (Lipinski definition) is 7. The maximum atomic E-state index is 9.73. The number of rotatable bonds is 9. The Hall–Kier alpha value is -0.370. The van der Waals surface area contributed by atoms with Crippen LogP contribution < -0.4 is 4.90 Å². The van der Waals surface area contributed by atoms with E-state index in [2.05, 4.69) is 17.1 Å². The molecule has 0 amide bonds. The number of hydrogen-bond donors (Lipinski definition) is 1. The fraction of sp³-hybridized carbons (Fsp3) is 0.818. The molecule has 1 rings (SSSR count). The molecule has 1 N–H and O–H groups in total. The summed E-state index contributed by atoms with van der Waals surface area (Å²) in [5, 5.41) is 18.7. The van der Waals surface area contributed by atoms with Crippen LogP contribution in [0.1, 0.15) is 19.8 Å². The molecule has 1 heterocycles. The van der Waals surface area contributed by atoms with Crippen molar-refractivity contribution < 1.29 is 9.84 Å². The van der Waals surface area contributed by atoms with E-state index in [0.29, 0.717) is 12.4 Å². The van der Waals surface area contributed by atoms with Crippen LogP contribution in [0.25, 0.3) is 0 Å². The van der Waals surface area contributed by atoms with Gasteiger partial charge in [-0.05, 0) is 6.42 Å². The molecule has 0 saturated heterocycles. The predicted molar refractivity (Wildman–Crippen MR) is 76.7 cm³/mol. The number of unbranched alkanes of at least 4 members (excludes halogenated alkanes) is 1. The largest absolute Gasteiger partial charge is 0.390 e. The monoisotopic (exact) mass is 291 g/mol. The quantitative estimate of drug-likeness (QED) is 0.554. The summed E-state index contributed by atoms with van der Waals surface area (Å²) in [5.74, 6) is 0.591. The van der Waals surface area contributed by atoms with E-state index in [-0.39, 0.29) is 0 Å². The number of aromatic nitrogens is 2. The van der Waals surface area contributed by atoms with E-state index in [4.69, 9.17) is 4.74 Å². The first-order valence-electron chi connectivity index (χ1n) is 6.03. The topological polar surface area (TPSA) is 58.5 Å². The first-order valence-corrected chi connectivity index (χ1v) is 7.83. The Kier molecular flexibility index (Phi) is 7.57. The first kappa shape index (κ1) is 15.7. The van der Waals surface area contributed by atoms with Crippen LogP contribution in [0, 0.1) is 0 Å². The zero-order chi connectivity index (χ0) is 13.4. The molecule has 0 spiro atoms. The summed E-state index contributed by atoms with van der Waals surface area (Å²) in [6, 6.07) is 0. The summed E-state index contributed by atoms with van der Waals surface area (Å²) in [6.07, 6.45) is 1.71. The Morgan fingerprint density at radius 1 is 1.44 bits per heavy atom. The standard InChI is InChI=1S/C11H21N3O2S2/c1-4-5-6-16-7-9(15)8-17-11-13-12-10(18-11)14(2)3/h9,15H,4-8H2,1-3H3. The van der Waals surface area contributed by atoms with Gasteiger partial charge < -0.3 is 14.7 Å². The average molecular weight is 291 g/mol. The molecule has 0 aliphatic rings. The molecule has 104 valence electrons. The number of aliphatic hydroxyl groups excluding tert-OH is 1. The van der Waals surface area contributed by atoms with Gasteiger partial charge in [-0.3, -0.25) is 0 Å². The van der Waals surface area contributed by atoms with Crippen molar-refractivity contribution >= 4 is 28.2 Å². The van der Waals surface area contributed by atoms with Crippen LogP contribution in [-0.4, -0.2) is 54.5 Å². The van der Waals surface area contributed by atoms with Gasteiger partial charge in [0.1, 0.15) is 0 Å². The van der Waals surface area contributed by atoms with Gasteiger partial charge in [-0.25, -0.2) is 0 Å². The number of anilines is 1. The molecule has 1 atom stereocenters. The third-order valence-electron chi connectivity index (χ3n) is 2.13. The maximum Gasteiger partial charge on any atom is 0.208 e. The number of aliphatic hydroxyl groups is 1. The van der Waals surface area contributed by atoms with Crippen LogP contribution in [-0.2, 0) is 4.74 Å². The highest BCUT2D eigenvalue weighted by Crippen LogP contribution is 2.27. The molecule has 7 heteroatoms. The van der Waals surface area contributed by atoms with Crippen LogP contribution in [0.2, 0.25) is 0 Å². The second kappa shape index (κ2) is 8.68. The molecule has 0 radical (unpaired) electrons. The van der Waals surface area contributed by atoms with E-state index < -0.39 is 6.10 Å². The second-order valence-electron chi connectivity index (χ2n) is 4.14. The Bertz CT molecular complexity index is 334. The van der Waals surface area contributed by atoms with Crippen molar-refractivity contribution in [3.8, 4) is 0 Å². The van der Waals surface area contributed by atoms with Gasteiger partial charge in [-0.15, -0.1) is 10.2 Å². The SMILES string of the molecule is CCCCOCC(O)CSc1nnc(N(C)C)s1. The Morgan fingerprint density at radius 2 is 2.22 bits per heavy atom. The normalized spacial score (nSPS) is 12.7. The third-order valence-corrected chi connectivity index (χ3v) is 4.50. The Morgan fingerprint density at radius 3 is 2.83 bits per heavy atom. The lowest BCUT2D eigenvalue weighted by Crippen LogP contribution is -2.18. The molecule has 0 aliphatic heterocycles. The van der Waals surface area contributed by atoms with E-state index in [0.717, 1.165) is 28.9 Å². The van der Waals surface area contributed by atoms with Crippen molar-refractivity contribution in [1.82, 2.24) is 10.2 Å². The van der Waals surface area contributed by atoms with Gasteiger partial charge in [0.2, 0.25) is 5.13 Å². The van der Waals surface area contributed by atoms with E-state index >= 15 is 0 Å². The molecule has 0 aromatic carbocycles. The van der Waals surface area contributed by atoms with Gasteiger partial charge in [-0.1, -0.05) is 36.4 Å². The molecule has 0 saturated carbocycles. The van der Waals surface area contributed by atoms with Gasteiger partial charge in [0.25, 0.3) is 0 Å². The van der Waals surface area contributed by atoms with E-state index in [1.165, 1.54) is 23.1 Å². The van der Waals surface area contributed by atoms with Crippen LogP contribution in [0.3, 0.4) is 0 Å². The van der Waals surface area contributed by atoms with E-state index in [1.54, 1.807) is 0 Å². The van der Waals surface area contributed by atoms with Crippen LogP contribution in [0.4, 0.5) is 5.13 Å². The van der Waals surface area contributed by atoms with E-state index in [9.17, 15) is 5.11 Å². The van der Waals surface area contributed by atoms with Crippen molar-refractivity contribution in [2.75, 3.05) is 38.0 Å². The lowest BCUT2D eigenvalue weighted by molar-refractivity contribution is 0.0473. The van der Waals surface area contributed by atoms with E-state index in [1.807, 2.05) is 19.0 Å². The Balaban J connectivity index is 2.18. The van der Waals surface area contributed by atoms with Crippen LogP contribution in [0.5, 0.6) is 0 Å². The molecule has 0 fully saturated rings. The summed E-state index contributed by atoms with van der Waals surface area (Å²) in [7, 11) is 3.87. The van der Waals surface area contributed by atoms with Crippen molar-refractivity contribution in [2.45, 2.75) is 30.2 Å². The molecule has 5 nitrogen and oxygen atoms in total. The molecule has 0 aliphatic carbocycles. The smallest absolute Gasteiger partial charge is 0.208 e. The summed E-state index contributed by atoms with van der Waals surface area (Å²) >= 11 is 3.05. The second-order valence-corrected chi connectivity index (χ2v) is 6.36. The van der Waals surface area contributed by atoms with Gasteiger partial charge in [0, 0.05) is 26.5 Å². The van der Waals surface area contributed by atoms with Crippen molar-refractivity contribution in [1.29, 1.82) is 0 Å². The lowest BCUT2D eigenvalue weighted by Gasteiger charge is -2.09. The molecule has 0 bridgehead atoms. The van der Waals surface area contributed by atoms with Crippen molar-refractivity contribution in [3.63, 3.8) is 0 Å². The van der Waals surface area contributed by atoms with Gasteiger partial charge >= 0.3 is 0 Å². The fourth-order valence-electron chi connectivity index (χ4n) is 1.12. The highest BCUT2D eigenvalue weighted by Gasteiger charge is 2.10. The molecule has 1 unspecified atom stereocenters. The van der Waals surface area contributed by atoms with Crippen molar-refractivity contribution in [2.24, 2.45) is 0 Å². The number of thioether (sulfide) groups is 1. The molecular weight excluding hydrogens is 270 g/mol. The minimum Gasteiger partial charge on any atom is -0.390 e. The summed E-state index contributed by atoms with van der Waals surface area (Å²) in [5.41, 5.74) is 0. The van der Waals surface area contributed by atoms with Crippen molar-refractivity contribution in [3.05, 3.63) is 0 Å². The fourth-order valence-corrected chi connectivity index (χ4v) is 2.82. The van der Waals surface area contributed by atoms with Gasteiger partial charge in [0.05, 0.1) is 12.7 Å². The first-order chi connectivity index (χ1) is 8.63. The Labute approximate surface area is 117 Å². The third kappa shape index (κ3) is 5.99. The van der Waals surface area contributed by atoms with Crippen LogP contribution in [0.15, 0.2) is 4.34 Å². The zero-order valence-electron chi connectivity index (χ0n) is 11.1. The maximum absolute atomic E-state index is 9.73. The molecule has 1 aromatic heterocycles. The minimum atomic E-state index is -0.446. The minimum absolute atomic E-state index is 0.395. The molecule has 1 aromatic rings. The highest BCUT2D eigenvalue weighted by atomic mass is 32.2. The van der Waals surface area contributed by atoms with Crippen LogP contribution >= 0.6 is 23.1 Å².